The number of nitrogens with zero attached hydrogens (tertiary/aromatic N) is 1. The van der Waals surface area contributed by atoms with Gasteiger partial charge in [-0.1, -0.05) is 13.8 Å². The molecular weight excluding hydrogens is 276 g/mol. The molecule has 0 radical (unpaired) electrons. The Labute approximate surface area is 130 Å². The summed E-state index contributed by atoms with van der Waals surface area (Å²) in [5, 5.41) is 0. The third kappa shape index (κ3) is 1.43. The molecule has 1 aromatic carbocycles. The lowest BCUT2D eigenvalue weighted by atomic mass is 9.68. The number of carbonyl (C=O) groups excluding carboxylic acids is 1. The molecule has 4 heteroatoms. The standard InChI is InChI=1S/C18H22N2O2/c1-10-7-12-13(9-14(10)22-4)20-16(19-12)18-6-5-11(8-15(18)21)17(18,2)3/h7,9,11H,5-6,8H2,1-4H3,(H,19,20). The zero-order chi connectivity index (χ0) is 15.7. The number of ketones is 1. The van der Waals surface area contributed by atoms with Gasteiger partial charge in [0.2, 0.25) is 0 Å². The highest BCUT2D eigenvalue weighted by molar-refractivity contribution is 5.95. The SMILES string of the molecule is COc1cc2nc(C34CCC(CC3=O)C4(C)C)[nH]c2cc1C. The molecule has 2 aliphatic rings. The van der Waals surface area contributed by atoms with Gasteiger partial charge in [-0.25, -0.2) is 4.98 Å². The molecule has 4 nitrogen and oxygen atoms in total. The van der Waals surface area contributed by atoms with E-state index >= 15 is 0 Å². The van der Waals surface area contributed by atoms with Gasteiger partial charge >= 0.3 is 0 Å². The van der Waals surface area contributed by atoms with Crippen LogP contribution in [0.4, 0.5) is 0 Å². The molecule has 0 amide bonds. The third-order valence-corrected chi connectivity index (χ3v) is 6.30. The highest BCUT2D eigenvalue weighted by Crippen LogP contribution is 2.64. The first kappa shape index (κ1) is 13.8. The van der Waals surface area contributed by atoms with Crippen molar-refractivity contribution < 1.29 is 9.53 Å². The molecule has 2 unspecified atom stereocenters. The molecule has 22 heavy (non-hydrogen) atoms. The molecule has 1 N–H and O–H groups in total. The minimum Gasteiger partial charge on any atom is -0.496 e. The Balaban J connectivity index is 1.93. The van der Waals surface area contributed by atoms with E-state index in [0.717, 1.165) is 41.0 Å². The van der Waals surface area contributed by atoms with Gasteiger partial charge in [0.15, 0.2) is 0 Å². The van der Waals surface area contributed by atoms with E-state index in [1.54, 1.807) is 7.11 Å². The molecule has 1 aromatic heterocycles. The average molecular weight is 298 g/mol. The Morgan fingerprint density at radius 1 is 1.36 bits per heavy atom. The maximum absolute atomic E-state index is 12.8. The zero-order valence-electron chi connectivity index (χ0n) is 13.6. The zero-order valence-corrected chi connectivity index (χ0v) is 13.6. The maximum atomic E-state index is 12.8. The van der Waals surface area contributed by atoms with E-state index in [0.29, 0.717) is 18.1 Å². The summed E-state index contributed by atoms with van der Waals surface area (Å²) in [7, 11) is 1.67. The Morgan fingerprint density at radius 3 is 2.73 bits per heavy atom. The van der Waals surface area contributed by atoms with Crippen LogP contribution in [0.15, 0.2) is 12.1 Å². The smallest absolute Gasteiger partial charge is 0.147 e. The summed E-state index contributed by atoms with van der Waals surface area (Å²) in [5.74, 6) is 2.54. The fourth-order valence-corrected chi connectivity index (χ4v) is 4.80. The second-order valence-electron chi connectivity index (χ2n) is 7.41. The van der Waals surface area contributed by atoms with E-state index in [4.69, 9.17) is 9.72 Å². The van der Waals surface area contributed by atoms with Crippen LogP contribution in [0, 0.1) is 18.3 Å². The Hall–Kier alpha value is -1.84. The van der Waals surface area contributed by atoms with Gasteiger partial charge in [-0.05, 0) is 42.7 Å². The lowest BCUT2D eigenvalue weighted by Gasteiger charge is -2.34. The molecule has 2 fully saturated rings. The molecular formula is C18H22N2O2. The molecule has 0 aliphatic heterocycles. The number of carbonyl (C=O) groups is 1. The molecule has 2 atom stereocenters. The van der Waals surface area contributed by atoms with Gasteiger partial charge in [0.05, 0.1) is 23.6 Å². The highest BCUT2D eigenvalue weighted by Gasteiger charge is 2.66. The van der Waals surface area contributed by atoms with Crippen molar-refractivity contribution >= 4 is 16.8 Å². The predicted octanol–water partition coefficient (Wildman–Crippen LogP) is 3.53. The van der Waals surface area contributed by atoms with Crippen molar-refractivity contribution in [2.75, 3.05) is 7.11 Å². The number of rotatable bonds is 2. The van der Waals surface area contributed by atoms with Crippen molar-refractivity contribution in [2.45, 2.75) is 45.4 Å². The molecule has 0 spiro atoms. The van der Waals surface area contributed by atoms with Crippen molar-refractivity contribution in [2.24, 2.45) is 11.3 Å². The second-order valence-corrected chi connectivity index (χ2v) is 7.41. The number of ether oxygens (including phenoxy) is 1. The van der Waals surface area contributed by atoms with Crippen LogP contribution in [-0.2, 0) is 10.2 Å². The minimum absolute atomic E-state index is 0.0168. The van der Waals surface area contributed by atoms with E-state index in [1.165, 1.54) is 0 Å². The van der Waals surface area contributed by atoms with Gasteiger partial charge in [-0.3, -0.25) is 4.79 Å². The fourth-order valence-electron chi connectivity index (χ4n) is 4.80. The van der Waals surface area contributed by atoms with Crippen LogP contribution in [0.1, 0.15) is 44.5 Å². The van der Waals surface area contributed by atoms with E-state index in [9.17, 15) is 4.79 Å². The first-order chi connectivity index (χ1) is 10.4. The van der Waals surface area contributed by atoms with Crippen LogP contribution in [-0.4, -0.2) is 22.9 Å². The molecule has 2 aliphatic carbocycles. The monoisotopic (exact) mass is 298 g/mol. The summed E-state index contributed by atoms with van der Waals surface area (Å²) >= 11 is 0. The Kier molecular flexibility index (Phi) is 2.58. The number of methoxy groups -OCH3 is 1. The summed E-state index contributed by atoms with van der Waals surface area (Å²) in [4.78, 5) is 21.0. The van der Waals surface area contributed by atoms with Crippen LogP contribution >= 0.6 is 0 Å². The van der Waals surface area contributed by atoms with E-state index < -0.39 is 5.41 Å². The van der Waals surface area contributed by atoms with Gasteiger partial charge in [0.25, 0.3) is 0 Å². The second kappa shape index (κ2) is 4.12. The average Bonchev–Trinajstić information content (AvgIpc) is 3.04. The van der Waals surface area contributed by atoms with E-state index in [2.05, 4.69) is 24.9 Å². The number of aromatic amines is 1. The summed E-state index contributed by atoms with van der Waals surface area (Å²) in [6, 6.07) is 4.01. The van der Waals surface area contributed by atoms with Gasteiger partial charge in [-0.2, -0.15) is 0 Å². The summed E-state index contributed by atoms with van der Waals surface area (Å²) in [5.41, 5.74) is 2.49. The number of fused-ring (bicyclic) bond motifs is 3. The Bertz CT molecular complexity index is 790. The summed E-state index contributed by atoms with van der Waals surface area (Å²) in [6.07, 6.45) is 2.74. The number of imidazole rings is 1. The van der Waals surface area contributed by atoms with Gasteiger partial charge in [-0.15, -0.1) is 0 Å². The summed E-state index contributed by atoms with van der Waals surface area (Å²) in [6.45, 7) is 6.48. The lowest BCUT2D eigenvalue weighted by molar-refractivity contribution is -0.124. The normalized spacial score (nSPS) is 29.5. The lowest BCUT2D eigenvalue weighted by Crippen LogP contribution is -2.41. The third-order valence-electron chi connectivity index (χ3n) is 6.30. The first-order valence-electron chi connectivity index (χ1n) is 7.98. The molecule has 2 bridgehead atoms. The van der Waals surface area contributed by atoms with Crippen LogP contribution < -0.4 is 4.74 Å². The first-order valence-corrected chi connectivity index (χ1v) is 7.98. The van der Waals surface area contributed by atoms with Crippen molar-refractivity contribution in [3.63, 3.8) is 0 Å². The minimum atomic E-state index is -0.433. The van der Waals surface area contributed by atoms with E-state index in [-0.39, 0.29) is 5.41 Å². The molecule has 2 saturated carbocycles. The number of hydrogen-bond donors (Lipinski definition) is 1. The van der Waals surface area contributed by atoms with Crippen molar-refractivity contribution in [3.05, 3.63) is 23.5 Å². The van der Waals surface area contributed by atoms with Crippen LogP contribution in [0.3, 0.4) is 0 Å². The summed E-state index contributed by atoms with van der Waals surface area (Å²) < 4.78 is 5.39. The number of benzene rings is 1. The van der Waals surface area contributed by atoms with Crippen molar-refractivity contribution in [3.8, 4) is 5.75 Å². The number of hydrogen-bond acceptors (Lipinski definition) is 3. The van der Waals surface area contributed by atoms with Crippen LogP contribution in [0.5, 0.6) is 5.75 Å². The molecule has 4 rings (SSSR count). The number of aromatic nitrogens is 2. The topological polar surface area (TPSA) is 55.0 Å². The van der Waals surface area contributed by atoms with Gasteiger partial charge in [0, 0.05) is 12.5 Å². The van der Waals surface area contributed by atoms with Crippen molar-refractivity contribution in [1.29, 1.82) is 0 Å². The fraction of sp³-hybridized carbons (Fsp3) is 0.556. The maximum Gasteiger partial charge on any atom is 0.147 e. The number of nitrogens with one attached hydrogen (secondary N) is 1. The molecule has 0 saturated heterocycles. The number of H-pyrrole nitrogens is 1. The van der Waals surface area contributed by atoms with Gasteiger partial charge < -0.3 is 9.72 Å². The van der Waals surface area contributed by atoms with Crippen LogP contribution in [0.25, 0.3) is 11.0 Å². The largest absolute Gasteiger partial charge is 0.496 e. The highest BCUT2D eigenvalue weighted by atomic mass is 16.5. The van der Waals surface area contributed by atoms with Crippen LogP contribution in [0.2, 0.25) is 0 Å². The quantitative estimate of drug-likeness (QED) is 0.923. The van der Waals surface area contributed by atoms with E-state index in [1.807, 2.05) is 13.0 Å². The Morgan fingerprint density at radius 2 is 2.14 bits per heavy atom. The number of Topliss-reactive ketones (excluding diaryl/α,β-unsaturated/α-hetero) is 1. The molecule has 1 heterocycles. The predicted molar refractivity (Wildman–Crippen MR) is 85.2 cm³/mol. The van der Waals surface area contributed by atoms with Crippen molar-refractivity contribution in [1.82, 2.24) is 9.97 Å². The molecule has 2 aromatic rings. The van der Waals surface area contributed by atoms with Gasteiger partial charge in [0.1, 0.15) is 17.4 Å². The molecule has 116 valence electrons. The number of aryl methyl sites for hydroxylation is 1.